The first-order valence-electron chi connectivity index (χ1n) is 11.5. The van der Waals surface area contributed by atoms with Crippen LogP contribution in [0.4, 0.5) is 11.5 Å². The Kier molecular flexibility index (Phi) is 8.92. The van der Waals surface area contributed by atoms with Crippen molar-refractivity contribution >= 4 is 23.4 Å². The predicted molar refractivity (Wildman–Crippen MR) is 132 cm³/mol. The number of aromatic amines is 1. The number of rotatable bonds is 11. The molecule has 0 radical (unpaired) electrons. The molecule has 0 bridgehead atoms. The molecule has 0 spiro atoms. The number of carbonyl (C=O) groups excluding carboxylic acids is 2. The summed E-state index contributed by atoms with van der Waals surface area (Å²) in [6, 6.07) is 6.28. The van der Waals surface area contributed by atoms with Gasteiger partial charge in [-0.1, -0.05) is 20.3 Å². The van der Waals surface area contributed by atoms with E-state index in [1.807, 2.05) is 13.8 Å². The molecule has 3 rings (SSSR count). The largest absolute Gasteiger partial charge is 0.452 e. The van der Waals surface area contributed by atoms with Crippen LogP contribution in [-0.2, 0) is 16.1 Å². The van der Waals surface area contributed by atoms with Crippen LogP contribution in [0.5, 0.6) is 11.6 Å². The molecule has 0 aliphatic rings. The van der Waals surface area contributed by atoms with Crippen molar-refractivity contribution in [1.29, 1.82) is 0 Å². The Balaban J connectivity index is 1.82. The molecule has 3 aromatic heterocycles. The fourth-order valence-corrected chi connectivity index (χ4v) is 3.39. The van der Waals surface area contributed by atoms with E-state index in [1.54, 1.807) is 18.3 Å². The highest BCUT2D eigenvalue weighted by Crippen LogP contribution is 2.23. The van der Waals surface area contributed by atoms with E-state index >= 15 is 0 Å². The van der Waals surface area contributed by atoms with Gasteiger partial charge < -0.3 is 20.1 Å². The van der Waals surface area contributed by atoms with Crippen LogP contribution in [0.1, 0.15) is 43.5 Å². The summed E-state index contributed by atoms with van der Waals surface area (Å²) in [5, 5.41) is 0. The minimum atomic E-state index is -0.844. The summed E-state index contributed by atoms with van der Waals surface area (Å²) in [7, 11) is 0. The maximum Gasteiger partial charge on any atom is 0.344 e. The molecule has 190 valence electrons. The Bertz CT molecular complexity index is 1320. The molecule has 1 amide bonds. The topological polar surface area (TPSA) is 162 Å². The van der Waals surface area contributed by atoms with Gasteiger partial charge in [-0.2, -0.15) is 0 Å². The Labute approximate surface area is 206 Å². The quantitative estimate of drug-likeness (QED) is 0.378. The molecule has 3 N–H and O–H groups in total. The number of amides is 1. The van der Waals surface area contributed by atoms with E-state index in [4.69, 9.17) is 15.2 Å². The molecule has 0 saturated carbocycles. The smallest absolute Gasteiger partial charge is 0.344 e. The monoisotopic (exact) mass is 496 g/mol. The van der Waals surface area contributed by atoms with Gasteiger partial charge in [-0.25, -0.2) is 14.6 Å². The number of anilines is 2. The van der Waals surface area contributed by atoms with E-state index in [2.05, 4.69) is 15.0 Å². The van der Waals surface area contributed by atoms with E-state index in [-0.39, 0.29) is 36.0 Å². The van der Waals surface area contributed by atoms with Crippen LogP contribution >= 0.6 is 0 Å². The van der Waals surface area contributed by atoms with Gasteiger partial charge in [0.15, 0.2) is 12.3 Å². The van der Waals surface area contributed by atoms with Crippen molar-refractivity contribution in [2.45, 2.75) is 39.7 Å². The number of nitrogens with zero attached hydrogens (tertiary/aromatic N) is 4. The van der Waals surface area contributed by atoms with Gasteiger partial charge in [-0.3, -0.25) is 24.1 Å². The number of nitrogen functional groups attached to an aromatic ring is 1. The normalized spacial score (nSPS) is 10.6. The Morgan fingerprint density at radius 2 is 1.92 bits per heavy atom. The summed E-state index contributed by atoms with van der Waals surface area (Å²) in [5.41, 5.74) is 4.53. The van der Waals surface area contributed by atoms with Crippen LogP contribution < -0.4 is 26.6 Å². The Morgan fingerprint density at radius 1 is 1.14 bits per heavy atom. The standard InChI is InChI=1S/C24H28N6O6/c1-3-5-13-29(19-20(25)30(12-4-2)24(34)28-21(19)32)18(31)15-35-23(33)17-9-7-11-27-22(17)36-16-8-6-10-26-14-16/h6-11,14H,3-5,12-13,15,25H2,1-2H3,(H,28,32,34). The van der Waals surface area contributed by atoms with Crippen LogP contribution in [-0.4, -0.2) is 44.5 Å². The number of nitrogens with two attached hydrogens (primary N) is 1. The van der Waals surface area contributed by atoms with Crippen molar-refractivity contribution in [2.75, 3.05) is 23.8 Å². The first-order valence-corrected chi connectivity index (χ1v) is 11.5. The molecule has 0 unspecified atom stereocenters. The average molecular weight is 497 g/mol. The van der Waals surface area contributed by atoms with Gasteiger partial charge in [-0.05, 0) is 37.1 Å². The third-order valence-corrected chi connectivity index (χ3v) is 5.13. The summed E-state index contributed by atoms with van der Waals surface area (Å²) < 4.78 is 12.1. The lowest BCUT2D eigenvalue weighted by Crippen LogP contribution is -2.43. The summed E-state index contributed by atoms with van der Waals surface area (Å²) in [6.45, 7) is 3.50. The van der Waals surface area contributed by atoms with E-state index in [9.17, 15) is 19.2 Å². The highest BCUT2D eigenvalue weighted by molar-refractivity contribution is 5.99. The average Bonchev–Trinajstić information content (AvgIpc) is 2.87. The number of ether oxygens (including phenoxy) is 2. The fraction of sp³-hybridized carbons (Fsp3) is 0.333. The van der Waals surface area contributed by atoms with E-state index in [1.165, 1.54) is 29.1 Å². The number of pyridine rings is 2. The van der Waals surface area contributed by atoms with Crippen molar-refractivity contribution in [3.8, 4) is 11.6 Å². The van der Waals surface area contributed by atoms with Crippen LogP contribution in [0.3, 0.4) is 0 Å². The maximum absolute atomic E-state index is 13.1. The third kappa shape index (κ3) is 6.14. The maximum atomic E-state index is 13.1. The number of aromatic nitrogens is 4. The lowest BCUT2D eigenvalue weighted by atomic mass is 10.2. The zero-order valence-electron chi connectivity index (χ0n) is 20.1. The molecular weight excluding hydrogens is 468 g/mol. The molecule has 0 aliphatic heterocycles. The molecule has 3 aromatic rings. The Hall–Kier alpha value is -4.48. The van der Waals surface area contributed by atoms with Crippen molar-refractivity contribution in [1.82, 2.24) is 19.5 Å². The zero-order chi connectivity index (χ0) is 26.1. The van der Waals surface area contributed by atoms with Crippen molar-refractivity contribution in [2.24, 2.45) is 0 Å². The zero-order valence-corrected chi connectivity index (χ0v) is 20.1. The van der Waals surface area contributed by atoms with Gasteiger partial charge in [0.05, 0.1) is 6.20 Å². The van der Waals surface area contributed by atoms with Crippen molar-refractivity contribution in [3.63, 3.8) is 0 Å². The summed E-state index contributed by atoms with van der Waals surface area (Å²) in [4.78, 5) is 62.1. The number of hydrogen-bond donors (Lipinski definition) is 2. The molecule has 0 aromatic carbocycles. The van der Waals surface area contributed by atoms with E-state index in [0.717, 1.165) is 11.3 Å². The number of hydrogen-bond acceptors (Lipinski definition) is 9. The molecule has 3 heterocycles. The van der Waals surface area contributed by atoms with Gasteiger partial charge in [0.1, 0.15) is 17.1 Å². The second-order valence-electron chi connectivity index (χ2n) is 7.77. The van der Waals surface area contributed by atoms with Crippen molar-refractivity contribution in [3.05, 3.63) is 69.3 Å². The van der Waals surface area contributed by atoms with Crippen LogP contribution in [0, 0.1) is 0 Å². The number of unbranched alkanes of at least 4 members (excludes halogenated alkanes) is 1. The van der Waals surface area contributed by atoms with Gasteiger partial charge in [0, 0.05) is 25.5 Å². The molecule has 0 saturated heterocycles. The van der Waals surface area contributed by atoms with Crippen LogP contribution in [0.25, 0.3) is 0 Å². The second-order valence-corrected chi connectivity index (χ2v) is 7.77. The number of nitrogens with one attached hydrogen (secondary N) is 1. The molecule has 36 heavy (non-hydrogen) atoms. The molecule has 12 heteroatoms. The first-order chi connectivity index (χ1) is 17.4. The van der Waals surface area contributed by atoms with Gasteiger partial charge >= 0.3 is 11.7 Å². The molecule has 0 atom stereocenters. The second kappa shape index (κ2) is 12.3. The van der Waals surface area contributed by atoms with E-state index in [0.29, 0.717) is 18.6 Å². The number of esters is 1. The molecule has 0 fully saturated rings. The lowest BCUT2D eigenvalue weighted by Gasteiger charge is -2.24. The Morgan fingerprint density at radius 3 is 2.61 bits per heavy atom. The van der Waals surface area contributed by atoms with Crippen LogP contribution in [0.15, 0.2) is 52.4 Å². The SMILES string of the molecule is CCCCN(C(=O)COC(=O)c1cccnc1Oc1cccnc1)c1c(N)n(CCC)c(=O)[nH]c1=O. The summed E-state index contributed by atoms with van der Waals surface area (Å²) >= 11 is 0. The predicted octanol–water partition coefficient (Wildman–Crippen LogP) is 2.10. The summed E-state index contributed by atoms with van der Waals surface area (Å²) in [6.07, 6.45) is 6.34. The van der Waals surface area contributed by atoms with Crippen LogP contribution in [0.2, 0.25) is 0 Å². The summed E-state index contributed by atoms with van der Waals surface area (Å²) in [5.74, 6) is -1.29. The molecule has 12 nitrogen and oxygen atoms in total. The number of carbonyl (C=O) groups is 2. The first kappa shape index (κ1) is 26.1. The van der Waals surface area contributed by atoms with E-state index < -0.39 is 29.7 Å². The van der Waals surface area contributed by atoms with Gasteiger partial charge in [0.2, 0.25) is 5.88 Å². The minimum absolute atomic E-state index is 0.00289. The molecule has 0 aliphatic carbocycles. The third-order valence-electron chi connectivity index (χ3n) is 5.13. The minimum Gasteiger partial charge on any atom is -0.452 e. The number of H-pyrrole nitrogens is 1. The molecular formula is C24H28N6O6. The van der Waals surface area contributed by atoms with Crippen molar-refractivity contribution < 1.29 is 19.1 Å². The van der Waals surface area contributed by atoms with Gasteiger partial charge in [0.25, 0.3) is 11.5 Å². The lowest BCUT2D eigenvalue weighted by molar-refractivity contribution is -0.121. The fourth-order valence-electron chi connectivity index (χ4n) is 3.39. The highest BCUT2D eigenvalue weighted by Gasteiger charge is 2.25. The van der Waals surface area contributed by atoms with Gasteiger partial charge in [-0.15, -0.1) is 0 Å². The highest BCUT2D eigenvalue weighted by atomic mass is 16.5.